The van der Waals surface area contributed by atoms with E-state index >= 15 is 0 Å². The number of benzene rings is 2. The molecular formula is C27H32N4OS. The van der Waals surface area contributed by atoms with E-state index in [9.17, 15) is 4.79 Å². The molecule has 2 heterocycles. The lowest BCUT2D eigenvalue weighted by atomic mass is 10.1. The van der Waals surface area contributed by atoms with E-state index in [2.05, 4.69) is 52.5 Å². The maximum absolute atomic E-state index is 12.5. The molecule has 1 aromatic heterocycles. The Labute approximate surface area is 201 Å². The monoisotopic (exact) mass is 460 g/mol. The van der Waals surface area contributed by atoms with Crippen LogP contribution in [0.2, 0.25) is 0 Å². The molecule has 2 aromatic carbocycles. The van der Waals surface area contributed by atoms with Gasteiger partial charge in [0.15, 0.2) is 5.82 Å². The number of aromatic nitrogens is 2. The number of hydrogen-bond acceptors (Lipinski definition) is 5. The summed E-state index contributed by atoms with van der Waals surface area (Å²) < 4.78 is 0. The summed E-state index contributed by atoms with van der Waals surface area (Å²) in [7, 11) is 0. The molecule has 3 aromatic rings. The van der Waals surface area contributed by atoms with Gasteiger partial charge in [-0.1, -0.05) is 51.0 Å². The van der Waals surface area contributed by atoms with Gasteiger partial charge in [0.05, 0.1) is 12.1 Å². The van der Waals surface area contributed by atoms with Gasteiger partial charge in [-0.25, -0.2) is 0 Å². The van der Waals surface area contributed by atoms with E-state index in [0.29, 0.717) is 11.7 Å². The molecule has 1 fully saturated rings. The molecule has 0 unspecified atom stereocenters. The highest BCUT2D eigenvalue weighted by atomic mass is 32.2. The zero-order chi connectivity index (χ0) is 23.0. The van der Waals surface area contributed by atoms with E-state index in [1.165, 1.54) is 30.6 Å². The van der Waals surface area contributed by atoms with Gasteiger partial charge >= 0.3 is 0 Å². The average molecular weight is 461 g/mol. The van der Waals surface area contributed by atoms with Crippen LogP contribution < -0.4 is 10.2 Å². The van der Waals surface area contributed by atoms with Crippen molar-refractivity contribution >= 4 is 29.2 Å². The SMILES string of the molecule is CC(C)Sc1ccc(CC(=O)Nc2ccc(-c3ccc(N4CCCCCC4)nn3)cc2)cc1. The highest BCUT2D eigenvalue weighted by molar-refractivity contribution is 7.99. The number of carbonyl (C=O) groups is 1. The summed E-state index contributed by atoms with van der Waals surface area (Å²) in [6.45, 7) is 6.47. The van der Waals surface area contributed by atoms with Crippen molar-refractivity contribution in [2.24, 2.45) is 0 Å². The number of nitrogens with one attached hydrogen (secondary N) is 1. The molecule has 0 aliphatic carbocycles. The fraction of sp³-hybridized carbons (Fsp3) is 0.370. The molecule has 33 heavy (non-hydrogen) atoms. The fourth-order valence-corrected chi connectivity index (χ4v) is 4.86. The Kier molecular flexibility index (Phi) is 8.00. The van der Waals surface area contributed by atoms with Crippen molar-refractivity contribution < 1.29 is 4.79 Å². The molecule has 1 saturated heterocycles. The molecule has 1 amide bonds. The minimum Gasteiger partial charge on any atom is -0.355 e. The zero-order valence-electron chi connectivity index (χ0n) is 19.5. The number of rotatable bonds is 7. The predicted molar refractivity (Wildman–Crippen MR) is 138 cm³/mol. The van der Waals surface area contributed by atoms with Gasteiger partial charge in [-0.3, -0.25) is 4.79 Å². The van der Waals surface area contributed by atoms with Crippen molar-refractivity contribution in [1.82, 2.24) is 10.2 Å². The average Bonchev–Trinajstić information content (AvgIpc) is 3.10. The van der Waals surface area contributed by atoms with Crippen LogP contribution in [-0.4, -0.2) is 34.4 Å². The molecule has 1 N–H and O–H groups in total. The second kappa shape index (κ2) is 11.3. The lowest BCUT2D eigenvalue weighted by Gasteiger charge is -2.20. The number of thioether (sulfide) groups is 1. The van der Waals surface area contributed by atoms with Gasteiger partial charge in [-0.15, -0.1) is 22.0 Å². The first-order valence-electron chi connectivity index (χ1n) is 11.8. The molecule has 5 nitrogen and oxygen atoms in total. The van der Waals surface area contributed by atoms with Crippen molar-refractivity contribution in [3.8, 4) is 11.3 Å². The smallest absolute Gasteiger partial charge is 0.228 e. The first-order valence-corrected chi connectivity index (χ1v) is 12.7. The molecule has 0 saturated carbocycles. The molecule has 0 spiro atoms. The van der Waals surface area contributed by atoms with Crippen LogP contribution in [0.4, 0.5) is 11.5 Å². The van der Waals surface area contributed by atoms with Gasteiger partial charge in [0.2, 0.25) is 5.91 Å². The van der Waals surface area contributed by atoms with Gasteiger partial charge in [-0.2, -0.15) is 0 Å². The van der Waals surface area contributed by atoms with Gasteiger partial charge < -0.3 is 10.2 Å². The van der Waals surface area contributed by atoms with Crippen LogP contribution >= 0.6 is 11.8 Å². The van der Waals surface area contributed by atoms with E-state index in [0.717, 1.165) is 41.4 Å². The number of nitrogens with zero attached hydrogens (tertiary/aromatic N) is 3. The fourth-order valence-electron chi connectivity index (χ4n) is 4.02. The summed E-state index contributed by atoms with van der Waals surface area (Å²) in [5.41, 5.74) is 3.62. The highest BCUT2D eigenvalue weighted by Crippen LogP contribution is 2.24. The van der Waals surface area contributed by atoms with Gasteiger partial charge in [0.25, 0.3) is 0 Å². The minimum absolute atomic E-state index is 0.0198. The van der Waals surface area contributed by atoms with Crippen molar-refractivity contribution in [2.75, 3.05) is 23.3 Å². The van der Waals surface area contributed by atoms with E-state index in [1.807, 2.05) is 54.2 Å². The Hall–Kier alpha value is -2.86. The van der Waals surface area contributed by atoms with Crippen LogP contribution in [0.1, 0.15) is 45.1 Å². The first kappa shape index (κ1) is 23.3. The van der Waals surface area contributed by atoms with E-state index in [1.54, 1.807) is 0 Å². The largest absolute Gasteiger partial charge is 0.355 e. The second-order valence-corrected chi connectivity index (χ2v) is 10.4. The maximum atomic E-state index is 12.5. The first-order chi connectivity index (χ1) is 16.1. The van der Waals surface area contributed by atoms with Gasteiger partial charge in [0.1, 0.15) is 0 Å². The molecular weight excluding hydrogens is 428 g/mol. The Bertz CT molecular complexity index is 1030. The molecule has 1 aliphatic rings. The van der Waals surface area contributed by atoms with Gasteiger partial charge in [0, 0.05) is 34.5 Å². The van der Waals surface area contributed by atoms with Crippen molar-refractivity contribution in [3.63, 3.8) is 0 Å². The Balaban J connectivity index is 1.32. The maximum Gasteiger partial charge on any atom is 0.228 e. The van der Waals surface area contributed by atoms with Crippen molar-refractivity contribution in [3.05, 3.63) is 66.2 Å². The Morgan fingerprint density at radius 1 is 0.909 bits per heavy atom. The summed E-state index contributed by atoms with van der Waals surface area (Å²) in [5, 5.41) is 12.4. The third-order valence-corrected chi connectivity index (χ3v) is 6.72. The normalized spacial score (nSPS) is 14.2. The molecule has 1 aliphatic heterocycles. The Morgan fingerprint density at radius 3 is 2.21 bits per heavy atom. The molecule has 0 atom stereocenters. The van der Waals surface area contributed by atoms with Crippen LogP contribution in [0.5, 0.6) is 0 Å². The Morgan fingerprint density at radius 2 is 1.61 bits per heavy atom. The van der Waals surface area contributed by atoms with Crippen LogP contribution in [0, 0.1) is 0 Å². The van der Waals surface area contributed by atoms with E-state index < -0.39 is 0 Å². The second-order valence-electron chi connectivity index (χ2n) is 8.79. The van der Waals surface area contributed by atoms with Crippen LogP contribution in [0.15, 0.2) is 65.6 Å². The predicted octanol–water partition coefficient (Wildman–Crippen LogP) is 6.21. The van der Waals surface area contributed by atoms with Crippen LogP contribution in [-0.2, 0) is 11.2 Å². The molecule has 0 bridgehead atoms. The molecule has 6 heteroatoms. The number of amides is 1. The summed E-state index contributed by atoms with van der Waals surface area (Å²) in [6.07, 6.45) is 5.40. The number of anilines is 2. The number of carbonyl (C=O) groups excluding carboxylic acids is 1. The van der Waals surface area contributed by atoms with Crippen molar-refractivity contribution in [2.45, 2.75) is 56.1 Å². The topological polar surface area (TPSA) is 58.1 Å². The minimum atomic E-state index is -0.0198. The summed E-state index contributed by atoms with van der Waals surface area (Å²) in [4.78, 5) is 16.0. The van der Waals surface area contributed by atoms with Crippen LogP contribution in [0.3, 0.4) is 0 Å². The highest BCUT2D eigenvalue weighted by Gasteiger charge is 2.12. The van der Waals surface area contributed by atoms with Crippen molar-refractivity contribution in [1.29, 1.82) is 0 Å². The van der Waals surface area contributed by atoms with Gasteiger partial charge in [-0.05, 0) is 54.8 Å². The third kappa shape index (κ3) is 6.81. The summed E-state index contributed by atoms with van der Waals surface area (Å²) >= 11 is 1.82. The van der Waals surface area contributed by atoms with Crippen LogP contribution in [0.25, 0.3) is 11.3 Å². The molecule has 0 radical (unpaired) electrons. The molecule has 172 valence electrons. The molecule has 4 rings (SSSR count). The standard InChI is InChI=1S/C27H32N4OS/c1-20(2)33-24-13-7-21(8-14-24)19-27(32)28-23-11-9-22(10-12-23)25-15-16-26(30-29-25)31-17-5-3-4-6-18-31/h7-16,20H,3-6,17-19H2,1-2H3,(H,28,32). The quantitative estimate of drug-likeness (QED) is 0.425. The zero-order valence-corrected chi connectivity index (χ0v) is 20.3. The summed E-state index contributed by atoms with van der Waals surface area (Å²) in [6, 6.07) is 20.1. The van der Waals surface area contributed by atoms with E-state index in [4.69, 9.17) is 0 Å². The van der Waals surface area contributed by atoms with E-state index in [-0.39, 0.29) is 5.91 Å². The third-order valence-electron chi connectivity index (χ3n) is 5.70. The number of hydrogen-bond donors (Lipinski definition) is 1. The summed E-state index contributed by atoms with van der Waals surface area (Å²) in [5.74, 6) is 0.939. The lowest BCUT2D eigenvalue weighted by Crippen LogP contribution is -2.25. The lowest BCUT2D eigenvalue weighted by molar-refractivity contribution is -0.115.